The summed E-state index contributed by atoms with van der Waals surface area (Å²) in [5.41, 5.74) is 0.463. The Morgan fingerprint density at radius 1 is 1.44 bits per heavy atom. The summed E-state index contributed by atoms with van der Waals surface area (Å²) in [5.74, 6) is -0.0630. The lowest BCUT2D eigenvalue weighted by molar-refractivity contribution is 0.0817. The van der Waals surface area contributed by atoms with E-state index < -0.39 is 0 Å². The van der Waals surface area contributed by atoms with Gasteiger partial charge in [0.25, 0.3) is 0 Å². The van der Waals surface area contributed by atoms with E-state index in [1.807, 2.05) is 18.7 Å². The first kappa shape index (κ1) is 15.4. The molecule has 5 heteroatoms. The molecule has 3 nitrogen and oxygen atoms in total. The van der Waals surface area contributed by atoms with Crippen molar-refractivity contribution in [2.75, 3.05) is 19.7 Å². The number of ketones is 1. The number of rotatable bonds is 6. The van der Waals surface area contributed by atoms with Crippen molar-refractivity contribution >= 4 is 29.0 Å². The number of halogens is 2. The molecule has 0 radical (unpaired) electrons. The average Bonchev–Trinajstić information content (AvgIpc) is 2.34. The number of likely N-dealkylation sites (N-methyl/N-ethyl adjacent to an activating group) is 1. The summed E-state index contributed by atoms with van der Waals surface area (Å²) in [7, 11) is 0. The van der Waals surface area contributed by atoms with Gasteiger partial charge in [-0.2, -0.15) is 0 Å². The fourth-order valence-electron chi connectivity index (χ4n) is 1.83. The number of nitrogens with zero attached hydrogens (tertiary/aromatic N) is 1. The fraction of sp³-hybridized carbons (Fsp3) is 0.462. The lowest BCUT2D eigenvalue weighted by Gasteiger charge is -2.26. The van der Waals surface area contributed by atoms with Gasteiger partial charge in [0.15, 0.2) is 5.78 Å². The van der Waals surface area contributed by atoms with Gasteiger partial charge in [-0.15, -0.1) is 0 Å². The minimum Gasteiger partial charge on any atom is -0.395 e. The van der Waals surface area contributed by atoms with Gasteiger partial charge in [-0.05, 0) is 31.7 Å². The van der Waals surface area contributed by atoms with E-state index in [0.717, 1.165) is 0 Å². The number of benzene rings is 1. The quantitative estimate of drug-likeness (QED) is 0.819. The lowest BCUT2D eigenvalue weighted by Crippen LogP contribution is -2.40. The number of carbonyl (C=O) groups is 1. The third-order valence-corrected chi connectivity index (χ3v) is 3.46. The summed E-state index contributed by atoms with van der Waals surface area (Å²) >= 11 is 11.8. The second-order valence-electron chi connectivity index (χ2n) is 4.02. The molecule has 1 N–H and O–H groups in total. The molecule has 0 amide bonds. The van der Waals surface area contributed by atoms with Gasteiger partial charge >= 0.3 is 0 Å². The van der Waals surface area contributed by atoms with Crippen LogP contribution in [0.25, 0.3) is 0 Å². The molecule has 0 bridgehead atoms. The molecular formula is C13H17Cl2NO2. The maximum absolute atomic E-state index is 12.3. The lowest BCUT2D eigenvalue weighted by atomic mass is 10.0. The summed E-state index contributed by atoms with van der Waals surface area (Å²) < 4.78 is 0. The predicted octanol–water partition coefficient (Wildman–Crippen LogP) is 2.88. The molecule has 0 spiro atoms. The number of aliphatic hydroxyl groups is 1. The van der Waals surface area contributed by atoms with Gasteiger partial charge in [-0.25, -0.2) is 0 Å². The third-order valence-electron chi connectivity index (χ3n) is 2.92. The summed E-state index contributed by atoms with van der Waals surface area (Å²) in [4.78, 5) is 14.2. The third kappa shape index (κ3) is 3.69. The molecular weight excluding hydrogens is 273 g/mol. The molecule has 0 aliphatic carbocycles. The number of aliphatic hydroxyl groups excluding tert-OH is 1. The molecule has 1 aromatic carbocycles. The zero-order valence-corrected chi connectivity index (χ0v) is 12.0. The number of hydrogen-bond acceptors (Lipinski definition) is 3. The van der Waals surface area contributed by atoms with Crippen molar-refractivity contribution in [3.05, 3.63) is 33.8 Å². The first-order valence-corrected chi connectivity index (χ1v) is 6.61. The Morgan fingerprint density at radius 3 is 2.61 bits per heavy atom. The van der Waals surface area contributed by atoms with Crippen molar-refractivity contribution in [1.82, 2.24) is 4.90 Å². The van der Waals surface area contributed by atoms with E-state index in [-0.39, 0.29) is 18.4 Å². The van der Waals surface area contributed by atoms with E-state index >= 15 is 0 Å². The van der Waals surface area contributed by atoms with Crippen LogP contribution in [0, 0.1) is 0 Å². The normalized spacial score (nSPS) is 12.8. The first-order chi connectivity index (χ1) is 8.51. The Morgan fingerprint density at radius 2 is 2.11 bits per heavy atom. The Bertz CT molecular complexity index is 423. The number of carbonyl (C=O) groups excluding carboxylic acids is 1. The van der Waals surface area contributed by atoms with Crippen LogP contribution in [0.5, 0.6) is 0 Å². The predicted molar refractivity (Wildman–Crippen MR) is 74.6 cm³/mol. The molecule has 0 saturated carbocycles. The SMILES string of the molecule is CCN(CCO)C(C)C(=O)c1ccc(Cl)cc1Cl. The highest BCUT2D eigenvalue weighted by Crippen LogP contribution is 2.23. The van der Waals surface area contributed by atoms with Crippen LogP contribution in [-0.4, -0.2) is 41.5 Å². The largest absolute Gasteiger partial charge is 0.395 e. The van der Waals surface area contributed by atoms with Crippen LogP contribution in [0.1, 0.15) is 24.2 Å². The zero-order chi connectivity index (χ0) is 13.7. The van der Waals surface area contributed by atoms with E-state index in [2.05, 4.69) is 0 Å². The molecule has 100 valence electrons. The summed E-state index contributed by atoms with van der Waals surface area (Å²) in [5, 5.41) is 9.83. The van der Waals surface area contributed by atoms with Gasteiger partial charge in [0.05, 0.1) is 17.7 Å². The highest BCUT2D eigenvalue weighted by molar-refractivity contribution is 6.37. The number of hydrogen-bond donors (Lipinski definition) is 1. The number of Topliss-reactive ketones (excluding diaryl/α,β-unsaturated/α-hetero) is 1. The molecule has 1 atom stereocenters. The molecule has 1 rings (SSSR count). The van der Waals surface area contributed by atoms with Gasteiger partial charge in [0.2, 0.25) is 0 Å². The molecule has 1 unspecified atom stereocenters. The minimum atomic E-state index is -0.319. The second kappa shape index (κ2) is 7.10. The van der Waals surface area contributed by atoms with E-state index in [0.29, 0.717) is 28.7 Å². The van der Waals surface area contributed by atoms with E-state index in [4.69, 9.17) is 28.3 Å². The Labute approximate surface area is 117 Å². The van der Waals surface area contributed by atoms with E-state index in [1.54, 1.807) is 18.2 Å². The molecule has 0 aromatic heterocycles. The topological polar surface area (TPSA) is 40.5 Å². The van der Waals surface area contributed by atoms with Gasteiger partial charge < -0.3 is 5.11 Å². The summed E-state index contributed by atoms with van der Waals surface area (Å²) in [6.45, 7) is 4.95. The van der Waals surface area contributed by atoms with Crippen molar-refractivity contribution in [3.63, 3.8) is 0 Å². The van der Waals surface area contributed by atoms with Gasteiger partial charge in [0, 0.05) is 17.1 Å². The highest BCUT2D eigenvalue weighted by Gasteiger charge is 2.22. The van der Waals surface area contributed by atoms with Gasteiger partial charge in [-0.1, -0.05) is 30.1 Å². The Hall–Kier alpha value is -0.610. The van der Waals surface area contributed by atoms with Crippen LogP contribution in [0.2, 0.25) is 10.0 Å². The minimum absolute atomic E-state index is 0.0276. The highest BCUT2D eigenvalue weighted by atomic mass is 35.5. The molecule has 0 aliphatic rings. The van der Waals surface area contributed by atoms with Crippen LogP contribution in [0.4, 0.5) is 0 Å². The maximum Gasteiger partial charge on any atom is 0.181 e. The first-order valence-electron chi connectivity index (χ1n) is 5.85. The van der Waals surface area contributed by atoms with Crippen LogP contribution < -0.4 is 0 Å². The van der Waals surface area contributed by atoms with Crippen LogP contribution >= 0.6 is 23.2 Å². The van der Waals surface area contributed by atoms with Crippen molar-refractivity contribution < 1.29 is 9.90 Å². The molecule has 0 heterocycles. The van der Waals surface area contributed by atoms with Gasteiger partial charge in [0.1, 0.15) is 0 Å². The average molecular weight is 290 g/mol. The summed E-state index contributed by atoms with van der Waals surface area (Å²) in [6, 6.07) is 4.53. The summed E-state index contributed by atoms with van der Waals surface area (Å²) in [6.07, 6.45) is 0. The van der Waals surface area contributed by atoms with Crippen molar-refractivity contribution in [1.29, 1.82) is 0 Å². The maximum atomic E-state index is 12.3. The Kier molecular flexibility index (Phi) is 6.09. The Balaban J connectivity index is 2.91. The molecule has 1 aromatic rings. The standard InChI is InChI=1S/C13H17Cl2NO2/c1-3-16(6-7-17)9(2)13(18)11-5-4-10(14)8-12(11)15/h4-5,8-9,17H,3,6-7H2,1-2H3. The van der Waals surface area contributed by atoms with E-state index in [9.17, 15) is 4.79 Å². The van der Waals surface area contributed by atoms with E-state index in [1.165, 1.54) is 0 Å². The molecule has 0 fully saturated rings. The molecule has 0 saturated heterocycles. The smallest absolute Gasteiger partial charge is 0.181 e. The zero-order valence-electron chi connectivity index (χ0n) is 10.5. The van der Waals surface area contributed by atoms with Crippen LogP contribution in [-0.2, 0) is 0 Å². The van der Waals surface area contributed by atoms with Crippen LogP contribution in [0.15, 0.2) is 18.2 Å². The second-order valence-corrected chi connectivity index (χ2v) is 4.86. The van der Waals surface area contributed by atoms with Crippen LogP contribution in [0.3, 0.4) is 0 Å². The monoisotopic (exact) mass is 289 g/mol. The van der Waals surface area contributed by atoms with Crippen molar-refractivity contribution in [2.24, 2.45) is 0 Å². The van der Waals surface area contributed by atoms with Gasteiger partial charge in [-0.3, -0.25) is 9.69 Å². The fourth-order valence-corrected chi connectivity index (χ4v) is 2.34. The molecule has 18 heavy (non-hydrogen) atoms. The van der Waals surface area contributed by atoms with Crippen molar-refractivity contribution in [3.8, 4) is 0 Å². The molecule has 0 aliphatic heterocycles. The van der Waals surface area contributed by atoms with Crippen molar-refractivity contribution in [2.45, 2.75) is 19.9 Å².